The lowest BCUT2D eigenvalue weighted by molar-refractivity contribution is -0.140. The molecule has 2 aromatic heterocycles. The lowest BCUT2D eigenvalue weighted by atomic mass is 10.1. The van der Waals surface area contributed by atoms with Gasteiger partial charge in [0.25, 0.3) is 5.91 Å². The fourth-order valence-electron chi connectivity index (χ4n) is 3.04. The Morgan fingerprint density at radius 3 is 2.82 bits per heavy atom. The van der Waals surface area contributed by atoms with Gasteiger partial charge in [-0.25, -0.2) is 9.78 Å². The van der Waals surface area contributed by atoms with Crippen molar-refractivity contribution >= 4 is 28.9 Å². The number of aromatic nitrogens is 2. The number of carbonyl (C=O) groups is 2. The molecule has 0 spiro atoms. The van der Waals surface area contributed by atoms with E-state index < -0.39 is 18.1 Å². The van der Waals surface area contributed by atoms with Crippen LogP contribution in [0.1, 0.15) is 13.8 Å². The molecule has 1 aliphatic rings. The summed E-state index contributed by atoms with van der Waals surface area (Å²) in [5.41, 5.74) is 2.71. The smallest absolute Gasteiger partial charge is 0.326 e. The zero-order valence-corrected chi connectivity index (χ0v) is 16.0. The van der Waals surface area contributed by atoms with E-state index >= 15 is 0 Å². The van der Waals surface area contributed by atoms with Crippen LogP contribution in [0.25, 0.3) is 22.0 Å². The number of benzene rings is 1. The summed E-state index contributed by atoms with van der Waals surface area (Å²) in [4.78, 5) is 34.3. The molecule has 0 saturated heterocycles. The number of carbonyl (C=O) groups excluding carboxylic acids is 1. The first-order valence-electron chi connectivity index (χ1n) is 8.69. The first-order valence-corrected chi connectivity index (χ1v) is 9.57. The van der Waals surface area contributed by atoms with Gasteiger partial charge in [0.05, 0.1) is 17.1 Å². The second-order valence-electron chi connectivity index (χ2n) is 6.42. The van der Waals surface area contributed by atoms with Crippen molar-refractivity contribution in [2.45, 2.75) is 26.0 Å². The predicted octanol–water partition coefficient (Wildman–Crippen LogP) is 3.46. The van der Waals surface area contributed by atoms with Crippen molar-refractivity contribution in [3.8, 4) is 27.7 Å². The zero-order chi connectivity index (χ0) is 19.8. The van der Waals surface area contributed by atoms with E-state index in [0.717, 1.165) is 22.0 Å². The number of thiazole rings is 1. The molecular weight excluding hydrogens is 378 g/mol. The van der Waals surface area contributed by atoms with Crippen LogP contribution in [-0.4, -0.2) is 39.1 Å². The molecule has 1 aromatic carbocycles. The quantitative estimate of drug-likeness (QED) is 0.727. The van der Waals surface area contributed by atoms with Gasteiger partial charge >= 0.3 is 5.97 Å². The van der Waals surface area contributed by atoms with E-state index in [0.29, 0.717) is 11.4 Å². The van der Waals surface area contributed by atoms with Crippen molar-refractivity contribution in [2.75, 3.05) is 4.90 Å². The highest BCUT2D eigenvalue weighted by atomic mass is 32.1. The molecule has 0 radical (unpaired) electrons. The average Bonchev–Trinajstić information content (AvgIpc) is 3.19. The first-order chi connectivity index (χ1) is 13.5. The van der Waals surface area contributed by atoms with Crippen LogP contribution >= 0.6 is 11.3 Å². The monoisotopic (exact) mass is 395 g/mol. The summed E-state index contributed by atoms with van der Waals surface area (Å²) in [5, 5.41) is 12.1. The standard InChI is InChI=1S/C20H17N3O4S/c1-11(20(25)26)23-16-9-13(6-7-17(16)27-12(2)19(23)24)15-10-28-18(22-15)14-5-3-4-8-21-14/h3-12H,1-2H3,(H,25,26). The van der Waals surface area contributed by atoms with Crippen molar-refractivity contribution in [3.63, 3.8) is 0 Å². The Morgan fingerprint density at radius 1 is 1.29 bits per heavy atom. The van der Waals surface area contributed by atoms with E-state index in [4.69, 9.17) is 4.74 Å². The summed E-state index contributed by atoms with van der Waals surface area (Å²) < 4.78 is 5.66. The van der Waals surface area contributed by atoms with Crippen LogP contribution < -0.4 is 9.64 Å². The molecule has 1 amide bonds. The Kier molecular flexibility index (Phi) is 4.56. The summed E-state index contributed by atoms with van der Waals surface area (Å²) in [6, 6.07) is 9.97. The van der Waals surface area contributed by atoms with Gasteiger partial charge in [-0.15, -0.1) is 11.3 Å². The average molecular weight is 395 g/mol. The van der Waals surface area contributed by atoms with Crippen molar-refractivity contribution in [2.24, 2.45) is 0 Å². The molecule has 8 heteroatoms. The fourth-order valence-corrected chi connectivity index (χ4v) is 3.85. The third-order valence-electron chi connectivity index (χ3n) is 4.54. The van der Waals surface area contributed by atoms with Crippen LogP contribution in [0.4, 0.5) is 5.69 Å². The van der Waals surface area contributed by atoms with Crippen LogP contribution in [0.15, 0.2) is 48.0 Å². The number of fused-ring (bicyclic) bond motifs is 1. The largest absolute Gasteiger partial charge is 0.480 e. The van der Waals surface area contributed by atoms with E-state index in [1.807, 2.05) is 29.6 Å². The lowest BCUT2D eigenvalue weighted by Gasteiger charge is -2.35. The number of pyridine rings is 1. The van der Waals surface area contributed by atoms with Gasteiger partial charge < -0.3 is 9.84 Å². The number of anilines is 1. The predicted molar refractivity (Wildman–Crippen MR) is 105 cm³/mol. The van der Waals surface area contributed by atoms with E-state index in [1.165, 1.54) is 23.2 Å². The zero-order valence-electron chi connectivity index (χ0n) is 15.2. The highest BCUT2D eigenvalue weighted by Crippen LogP contribution is 2.39. The highest BCUT2D eigenvalue weighted by molar-refractivity contribution is 7.13. The van der Waals surface area contributed by atoms with Gasteiger partial charge in [0, 0.05) is 17.1 Å². The molecule has 2 unspecified atom stereocenters. The summed E-state index contributed by atoms with van der Waals surface area (Å²) in [6.07, 6.45) is 0.972. The molecule has 2 atom stereocenters. The van der Waals surface area contributed by atoms with Crippen LogP contribution in [0.5, 0.6) is 5.75 Å². The number of amides is 1. The molecule has 0 bridgehead atoms. The summed E-state index contributed by atoms with van der Waals surface area (Å²) in [7, 11) is 0. The highest BCUT2D eigenvalue weighted by Gasteiger charge is 2.37. The molecule has 3 heterocycles. The van der Waals surface area contributed by atoms with Crippen LogP contribution in [-0.2, 0) is 9.59 Å². The van der Waals surface area contributed by atoms with Crippen molar-refractivity contribution in [1.82, 2.24) is 9.97 Å². The number of nitrogens with zero attached hydrogens (tertiary/aromatic N) is 3. The van der Waals surface area contributed by atoms with Gasteiger partial charge in [-0.1, -0.05) is 6.07 Å². The molecular formula is C20H17N3O4S. The SMILES string of the molecule is CC1Oc2ccc(-c3csc(-c4ccccn4)n3)cc2N(C(C)C(=O)O)C1=O. The lowest BCUT2D eigenvalue weighted by Crippen LogP contribution is -2.51. The van der Waals surface area contributed by atoms with Gasteiger partial charge in [-0.05, 0) is 44.2 Å². The molecule has 4 rings (SSSR count). The van der Waals surface area contributed by atoms with Gasteiger partial charge in [0.1, 0.15) is 16.8 Å². The third kappa shape index (κ3) is 3.11. The Morgan fingerprint density at radius 2 is 2.11 bits per heavy atom. The van der Waals surface area contributed by atoms with E-state index in [1.54, 1.807) is 25.3 Å². The Labute approximate surface area is 165 Å². The molecule has 1 N–H and O–H groups in total. The molecule has 0 aliphatic carbocycles. The molecule has 0 fully saturated rings. The first kappa shape index (κ1) is 18.1. The Balaban J connectivity index is 1.75. The Bertz CT molecular complexity index is 1050. The minimum absolute atomic E-state index is 0.382. The van der Waals surface area contributed by atoms with Gasteiger partial charge in [0.15, 0.2) is 6.10 Å². The summed E-state index contributed by atoms with van der Waals surface area (Å²) >= 11 is 1.47. The van der Waals surface area contributed by atoms with Crippen LogP contribution in [0.2, 0.25) is 0 Å². The van der Waals surface area contributed by atoms with E-state index in [-0.39, 0.29) is 5.91 Å². The summed E-state index contributed by atoms with van der Waals surface area (Å²) in [5.74, 6) is -0.985. The molecule has 3 aromatic rings. The molecule has 142 valence electrons. The minimum atomic E-state index is -1.08. The molecule has 7 nitrogen and oxygen atoms in total. The second kappa shape index (κ2) is 7.05. The number of aliphatic carboxylic acids is 1. The maximum Gasteiger partial charge on any atom is 0.326 e. The van der Waals surface area contributed by atoms with Crippen LogP contribution in [0.3, 0.4) is 0 Å². The van der Waals surface area contributed by atoms with Crippen molar-refractivity contribution in [3.05, 3.63) is 48.0 Å². The number of ether oxygens (including phenoxy) is 1. The number of carboxylic acids is 1. The topological polar surface area (TPSA) is 92.6 Å². The second-order valence-corrected chi connectivity index (χ2v) is 7.28. The van der Waals surface area contributed by atoms with Crippen molar-refractivity contribution in [1.29, 1.82) is 0 Å². The minimum Gasteiger partial charge on any atom is -0.480 e. The maximum absolute atomic E-state index is 12.6. The number of rotatable bonds is 4. The van der Waals surface area contributed by atoms with E-state index in [2.05, 4.69) is 9.97 Å². The maximum atomic E-state index is 12.6. The molecule has 28 heavy (non-hydrogen) atoms. The number of hydrogen-bond donors (Lipinski definition) is 1. The summed E-state index contributed by atoms with van der Waals surface area (Å²) in [6.45, 7) is 3.09. The third-order valence-corrected chi connectivity index (χ3v) is 5.40. The molecule has 0 saturated carbocycles. The van der Waals surface area contributed by atoms with Gasteiger partial charge in [-0.2, -0.15) is 0 Å². The van der Waals surface area contributed by atoms with Crippen LogP contribution in [0, 0.1) is 0 Å². The van der Waals surface area contributed by atoms with E-state index in [9.17, 15) is 14.7 Å². The van der Waals surface area contributed by atoms with Gasteiger partial charge in [0.2, 0.25) is 0 Å². The number of carboxylic acid groups (broad SMARTS) is 1. The number of hydrogen-bond acceptors (Lipinski definition) is 6. The fraction of sp³-hybridized carbons (Fsp3) is 0.200. The van der Waals surface area contributed by atoms with Gasteiger partial charge in [-0.3, -0.25) is 14.7 Å². The normalized spacial score (nSPS) is 17.0. The van der Waals surface area contributed by atoms with Crippen molar-refractivity contribution < 1.29 is 19.4 Å². The molecule has 1 aliphatic heterocycles. The Hall–Kier alpha value is -3.26.